The van der Waals surface area contributed by atoms with E-state index >= 15 is 0 Å². The van der Waals surface area contributed by atoms with Crippen LogP contribution in [-0.4, -0.2) is 17.8 Å². The summed E-state index contributed by atoms with van der Waals surface area (Å²) in [5, 5.41) is 6.94. The average Bonchev–Trinajstić information content (AvgIpc) is 3.15. The first-order valence-electron chi connectivity index (χ1n) is 7.98. The molecule has 0 radical (unpaired) electrons. The Morgan fingerprint density at radius 2 is 2.00 bits per heavy atom. The van der Waals surface area contributed by atoms with Crippen molar-refractivity contribution in [1.29, 1.82) is 0 Å². The molecule has 1 aromatic heterocycles. The summed E-state index contributed by atoms with van der Waals surface area (Å²) >= 11 is 1.53. The highest BCUT2D eigenvalue weighted by atomic mass is 32.1. The van der Waals surface area contributed by atoms with Gasteiger partial charge in [0, 0.05) is 17.1 Å². The van der Waals surface area contributed by atoms with E-state index in [1.807, 2.05) is 36.6 Å². The Morgan fingerprint density at radius 1 is 1.16 bits per heavy atom. The summed E-state index contributed by atoms with van der Waals surface area (Å²) in [6, 6.07) is 14.3. The van der Waals surface area contributed by atoms with Crippen molar-refractivity contribution in [2.45, 2.75) is 20.5 Å². The van der Waals surface area contributed by atoms with Crippen molar-refractivity contribution in [3.8, 4) is 5.75 Å². The first kappa shape index (κ1) is 17.2. The predicted molar refractivity (Wildman–Crippen MR) is 101 cm³/mol. The standard InChI is InChI=1S/C20H20N2O2S/c1-14-8-9-15(2)18(12-14)24-13-16-6-4-5-7-17(16)19(22-23-3)20-21-10-11-25-20/h4-12H,13H2,1-3H3/b22-19-. The van der Waals surface area contributed by atoms with E-state index in [-0.39, 0.29) is 0 Å². The molecule has 5 heteroatoms. The van der Waals surface area contributed by atoms with Crippen LogP contribution < -0.4 is 4.74 Å². The van der Waals surface area contributed by atoms with Crippen LogP contribution in [0.4, 0.5) is 0 Å². The van der Waals surface area contributed by atoms with Gasteiger partial charge in [-0.15, -0.1) is 11.3 Å². The molecule has 0 bridgehead atoms. The molecule has 0 aliphatic rings. The van der Waals surface area contributed by atoms with Gasteiger partial charge >= 0.3 is 0 Å². The zero-order valence-corrected chi connectivity index (χ0v) is 15.3. The Bertz CT molecular complexity index is 873. The first-order chi connectivity index (χ1) is 12.2. The van der Waals surface area contributed by atoms with Crippen LogP contribution in [0.15, 0.2) is 59.2 Å². The van der Waals surface area contributed by atoms with Gasteiger partial charge in [0.1, 0.15) is 30.2 Å². The highest BCUT2D eigenvalue weighted by Gasteiger charge is 2.15. The molecule has 2 aromatic carbocycles. The molecule has 0 saturated heterocycles. The van der Waals surface area contributed by atoms with Gasteiger partial charge in [0.05, 0.1) is 0 Å². The number of hydrogen-bond acceptors (Lipinski definition) is 5. The fourth-order valence-corrected chi connectivity index (χ4v) is 3.16. The van der Waals surface area contributed by atoms with Gasteiger partial charge in [-0.1, -0.05) is 41.6 Å². The molecule has 25 heavy (non-hydrogen) atoms. The molecule has 0 aliphatic heterocycles. The normalized spacial score (nSPS) is 11.4. The molecule has 0 spiro atoms. The predicted octanol–water partition coefficient (Wildman–Crippen LogP) is 4.74. The van der Waals surface area contributed by atoms with Crippen LogP contribution in [0.5, 0.6) is 5.75 Å². The van der Waals surface area contributed by atoms with Gasteiger partial charge in [0.2, 0.25) is 0 Å². The van der Waals surface area contributed by atoms with Gasteiger partial charge in [-0.05, 0) is 36.6 Å². The van der Waals surface area contributed by atoms with Crippen molar-refractivity contribution in [1.82, 2.24) is 4.98 Å². The smallest absolute Gasteiger partial charge is 0.146 e. The van der Waals surface area contributed by atoms with Crippen LogP contribution in [0.1, 0.15) is 27.3 Å². The Hall–Kier alpha value is -2.66. The summed E-state index contributed by atoms with van der Waals surface area (Å²) in [7, 11) is 1.54. The first-order valence-corrected chi connectivity index (χ1v) is 8.86. The number of oxime groups is 1. The lowest BCUT2D eigenvalue weighted by atomic mass is 10.0. The summed E-state index contributed by atoms with van der Waals surface area (Å²) < 4.78 is 6.08. The van der Waals surface area contributed by atoms with Gasteiger partial charge < -0.3 is 9.57 Å². The highest BCUT2D eigenvalue weighted by Crippen LogP contribution is 2.23. The van der Waals surface area contributed by atoms with Gasteiger partial charge in [0.25, 0.3) is 0 Å². The number of ether oxygens (including phenoxy) is 1. The highest BCUT2D eigenvalue weighted by molar-refractivity contribution is 7.11. The summed E-state index contributed by atoms with van der Waals surface area (Å²) in [6.07, 6.45) is 1.76. The minimum atomic E-state index is 0.453. The minimum Gasteiger partial charge on any atom is -0.489 e. The number of aromatic nitrogens is 1. The zero-order chi connectivity index (χ0) is 17.6. The van der Waals surface area contributed by atoms with Crippen molar-refractivity contribution in [3.05, 3.63) is 81.3 Å². The van der Waals surface area contributed by atoms with Crippen molar-refractivity contribution in [2.24, 2.45) is 5.16 Å². The quantitative estimate of drug-likeness (QED) is 0.475. The Labute approximate surface area is 151 Å². The van der Waals surface area contributed by atoms with Crippen molar-refractivity contribution < 1.29 is 9.57 Å². The summed E-state index contributed by atoms with van der Waals surface area (Å²) in [5.41, 5.74) is 5.02. The van der Waals surface area contributed by atoms with Crippen molar-refractivity contribution in [2.75, 3.05) is 7.11 Å². The molecule has 3 aromatic rings. The molecular weight excluding hydrogens is 332 g/mol. The average molecular weight is 352 g/mol. The van der Waals surface area contributed by atoms with E-state index in [1.165, 1.54) is 16.9 Å². The zero-order valence-electron chi connectivity index (χ0n) is 14.5. The molecular formula is C20H20N2O2S. The fraction of sp³-hybridized carbons (Fsp3) is 0.200. The third-order valence-electron chi connectivity index (χ3n) is 3.82. The number of hydrogen-bond donors (Lipinski definition) is 0. The van der Waals surface area contributed by atoms with E-state index in [1.54, 1.807) is 13.3 Å². The second kappa shape index (κ2) is 7.94. The van der Waals surface area contributed by atoms with Crippen molar-refractivity contribution >= 4 is 17.0 Å². The molecule has 0 unspecified atom stereocenters. The second-order valence-corrected chi connectivity index (χ2v) is 6.57. The minimum absolute atomic E-state index is 0.453. The maximum atomic E-state index is 6.08. The number of thiazole rings is 1. The van der Waals surface area contributed by atoms with Gasteiger partial charge in [0.15, 0.2) is 0 Å². The van der Waals surface area contributed by atoms with Gasteiger partial charge in [-0.2, -0.15) is 0 Å². The topological polar surface area (TPSA) is 43.7 Å². The Morgan fingerprint density at radius 3 is 2.76 bits per heavy atom. The molecule has 0 saturated carbocycles. The van der Waals surface area contributed by atoms with E-state index in [2.05, 4.69) is 35.3 Å². The molecule has 0 fully saturated rings. The summed E-state index contributed by atoms with van der Waals surface area (Å²) in [6.45, 7) is 4.56. The number of aryl methyl sites for hydroxylation is 2. The molecule has 0 amide bonds. The lowest BCUT2D eigenvalue weighted by Gasteiger charge is -2.13. The Balaban J connectivity index is 1.90. The summed E-state index contributed by atoms with van der Waals surface area (Å²) in [5.74, 6) is 0.897. The van der Waals surface area contributed by atoms with Crippen LogP contribution in [0.2, 0.25) is 0 Å². The third kappa shape index (κ3) is 4.06. The van der Waals surface area contributed by atoms with Crippen LogP contribution >= 0.6 is 11.3 Å². The lowest BCUT2D eigenvalue weighted by molar-refractivity contribution is 0.214. The van der Waals surface area contributed by atoms with Crippen LogP contribution in [0.3, 0.4) is 0 Å². The van der Waals surface area contributed by atoms with E-state index in [0.29, 0.717) is 6.61 Å². The SMILES string of the molecule is CO/N=C(\c1nccs1)c1ccccc1COc1cc(C)ccc1C. The van der Waals surface area contributed by atoms with E-state index in [0.717, 1.165) is 33.2 Å². The third-order valence-corrected chi connectivity index (χ3v) is 4.60. The van der Waals surface area contributed by atoms with Gasteiger partial charge in [-0.25, -0.2) is 4.98 Å². The molecule has 0 N–H and O–H groups in total. The molecule has 0 atom stereocenters. The maximum absolute atomic E-state index is 6.08. The molecule has 128 valence electrons. The largest absolute Gasteiger partial charge is 0.489 e. The number of nitrogens with zero attached hydrogens (tertiary/aromatic N) is 2. The molecule has 1 heterocycles. The van der Waals surface area contributed by atoms with Crippen molar-refractivity contribution in [3.63, 3.8) is 0 Å². The number of benzene rings is 2. The molecule has 3 rings (SSSR count). The second-order valence-electron chi connectivity index (χ2n) is 5.67. The maximum Gasteiger partial charge on any atom is 0.146 e. The fourth-order valence-electron chi connectivity index (χ4n) is 2.53. The lowest BCUT2D eigenvalue weighted by Crippen LogP contribution is -2.09. The van der Waals surface area contributed by atoms with E-state index < -0.39 is 0 Å². The van der Waals surface area contributed by atoms with Crippen LogP contribution in [-0.2, 0) is 11.4 Å². The number of rotatable bonds is 6. The van der Waals surface area contributed by atoms with E-state index in [9.17, 15) is 0 Å². The monoisotopic (exact) mass is 352 g/mol. The molecule has 0 aliphatic carbocycles. The van der Waals surface area contributed by atoms with Gasteiger partial charge in [-0.3, -0.25) is 0 Å². The van der Waals surface area contributed by atoms with E-state index in [4.69, 9.17) is 9.57 Å². The van der Waals surface area contributed by atoms with Crippen LogP contribution in [0, 0.1) is 13.8 Å². The summed E-state index contributed by atoms with van der Waals surface area (Å²) in [4.78, 5) is 9.41. The molecule has 4 nitrogen and oxygen atoms in total. The van der Waals surface area contributed by atoms with Crippen LogP contribution in [0.25, 0.3) is 0 Å². The Kier molecular flexibility index (Phi) is 5.46.